The number of aromatic nitrogens is 2. The maximum Gasteiger partial charge on any atom is 0.326 e. The zero-order valence-corrected chi connectivity index (χ0v) is 13.4. The number of nitrogens with one attached hydrogen (secondary N) is 2. The largest absolute Gasteiger partial charge is 0.392 e. The van der Waals surface area contributed by atoms with Crippen LogP contribution in [0.1, 0.15) is 17.0 Å². The number of H-pyrrole nitrogens is 2. The number of hydrogen-bond acceptors (Lipinski definition) is 5. The van der Waals surface area contributed by atoms with Crippen molar-refractivity contribution < 1.29 is 0 Å². The molecule has 1 aromatic heterocycles. The van der Waals surface area contributed by atoms with Gasteiger partial charge in [-0.25, -0.2) is 4.79 Å². The van der Waals surface area contributed by atoms with E-state index < -0.39 is 17.2 Å². The number of hydrogen-bond donors (Lipinski definition) is 3. The minimum atomic E-state index is -0.602. The second-order valence-corrected chi connectivity index (χ2v) is 6.60. The van der Waals surface area contributed by atoms with Gasteiger partial charge in [-0.1, -0.05) is 39.8 Å². The molecular formula is C14H9BrN4O2S. The van der Waals surface area contributed by atoms with E-state index in [1.54, 1.807) is 0 Å². The summed E-state index contributed by atoms with van der Waals surface area (Å²) in [5.74, 6) is -0.602. The van der Waals surface area contributed by atoms with Crippen molar-refractivity contribution in [1.29, 1.82) is 5.26 Å². The number of nitrogens with zero attached hydrogens (tertiary/aromatic N) is 1. The molecule has 22 heavy (non-hydrogen) atoms. The predicted molar refractivity (Wildman–Crippen MR) is 86.4 cm³/mol. The summed E-state index contributed by atoms with van der Waals surface area (Å²) < 4.78 is 0.882. The van der Waals surface area contributed by atoms with Crippen LogP contribution < -0.4 is 17.0 Å². The van der Waals surface area contributed by atoms with Gasteiger partial charge in [-0.05, 0) is 17.7 Å². The molecule has 1 aliphatic rings. The van der Waals surface area contributed by atoms with Crippen molar-refractivity contribution in [2.24, 2.45) is 5.73 Å². The minimum Gasteiger partial charge on any atom is -0.392 e. The Kier molecular flexibility index (Phi) is 3.68. The highest BCUT2D eigenvalue weighted by molar-refractivity contribution is 9.10. The topological polar surface area (TPSA) is 116 Å². The van der Waals surface area contributed by atoms with E-state index in [1.807, 2.05) is 24.3 Å². The number of aromatic amines is 2. The van der Waals surface area contributed by atoms with Gasteiger partial charge in [0.15, 0.2) is 0 Å². The van der Waals surface area contributed by atoms with E-state index in [1.165, 1.54) is 0 Å². The normalized spacial score (nSPS) is 17.0. The fourth-order valence-corrected chi connectivity index (χ4v) is 3.60. The van der Waals surface area contributed by atoms with Crippen LogP contribution in [0.2, 0.25) is 0 Å². The van der Waals surface area contributed by atoms with Crippen LogP contribution in [0.3, 0.4) is 0 Å². The summed E-state index contributed by atoms with van der Waals surface area (Å²) in [5.41, 5.74) is 6.21. The molecule has 1 atom stereocenters. The van der Waals surface area contributed by atoms with E-state index in [-0.39, 0.29) is 5.03 Å². The summed E-state index contributed by atoms with van der Waals surface area (Å²) in [7, 11) is 0. The summed E-state index contributed by atoms with van der Waals surface area (Å²) in [6, 6.07) is 9.34. The Labute approximate surface area is 137 Å². The van der Waals surface area contributed by atoms with Crippen LogP contribution in [0.4, 0.5) is 0 Å². The summed E-state index contributed by atoms with van der Waals surface area (Å²) in [5, 5.41) is 10.1. The van der Waals surface area contributed by atoms with Crippen LogP contribution in [0, 0.1) is 11.3 Å². The molecule has 3 rings (SSSR count). The summed E-state index contributed by atoms with van der Waals surface area (Å²) >= 11 is 4.37. The smallest absolute Gasteiger partial charge is 0.326 e. The average Bonchev–Trinajstić information content (AvgIpc) is 2.46. The van der Waals surface area contributed by atoms with Gasteiger partial charge in [0.1, 0.15) is 0 Å². The molecule has 6 nitrogen and oxygen atoms in total. The molecule has 0 bridgehead atoms. The second-order valence-electron chi connectivity index (χ2n) is 4.63. The van der Waals surface area contributed by atoms with Gasteiger partial charge in [0, 0.05) is 4.47 Å². The molecule has 0 fully saturated rings. The summed E-state index contributed by atoms with van der Waals surface area (Å²) in [4.78, 5) is 28.5. The summed E-state index contributed by atoms with van der Waals surface area (Å²) in [6.45, 7) is 0. The van der Waals surface area contributed by atoms with Crippen LogP contribution in [-0.2, 0) is 0 Å². The standard InChI is InChI=1S/C14H9BrN4O2S/c15-7-3-1-6(2-4-7)9-8(5-16)11(17)22-13-10(9)12(20)18-14(21)19-13/h1-4,9H,17H2,(H2,18,19,20,21)/t9-/m0/s1. The monoisotopic (exact) mass is 376 g/mol. The molecule has 2 aromatic rings. The van der Waals surface area contributed by atoms with Gasteiger partial charge in [-0.15, -0.1) is 0 Å². The Bertz CT molecular complexity index is 937. The van der Waals surface area contributed by atoms with Crippen LogP contribution in [0.25, 0.3) is 0 Å². The zero-order valence-electron chi connectivity index (χ0n) is 11.0. The predicted octanol–water partition coefficient (Wildman–Crippen LogP) is 1.76. The molecular weight excluding hydrogens is 368 g/mol. The van der Waals surface area contributed by atoms with Crippen molar-refractivity contribution in [3.8, 4) is 6.07 Å². The van der Waals surface area contributed by atoms with E-state index in [2.05, 4.69) is 32.0 Å². The van der Waals surface area contributed by atoms with E-state index in [0.717, 1.165) is 21.8 Å². The Morgan fingerprint density at radius 2 is 1.91 bits per heavy atom. The SMILES string of the molecule is N#CC1=C(N)Sc2[nH]c(=O)[nH]c(=O)c2[C@H]1c1ccc(Br)cc1. The lowest BCUT2D eigenvalue weighted by Crippen LogP contribution is -2.31. The van der Waals surface area contributed by atoms with Gasteiger partial charge in [-0.3, -0.25) is 9.78 Å². The maximum absolute atomic E-state index is 12.2. The number of nitriles is 1. The van der Waals surface area contributed by atoms with Gasteiger partial charge in [0.25, 0.3) is 5.56 Å². The van der Waals surface area contributed by atoms with E-state index in [0.29, 0.717) is 16.2 Å². The van der Waals surface area contributed by atoms with Crippen molar-refractivity contribution in [3.63, 3.8) is 0 Å². The van der Waals surface area contributed by atoms with Gasteiger partial charge in [-0.2, -0.15) is 5.26 Å². The number of halogens is 1. The highest BCUT2D eigenvalue weighted by atomic mass is 79.9. The molecule has 1 aliphatic heterocycles. The Morgan fingerprint density at radius 3 is 2.55 bits per heavy atom. The first kappa shape index (κ1) is 14.7. The molecule has 4 N–H and O–H groups in total. The van der Waals surface area contributed by atoms with Crippen molar-refractivity contribution >= 4 is 27.7 Å². The molecule has 1 aromatic carbocycles. The fraction of sp³-hybridized carbons (Fsp3) is 0.0714. The van der Waals surface area contributed by atoms with E-state index in [9.17, 15) is 14.9 Å². The first-order chi connectivity index (χ1) is 10.5. The third kappa shape index (κ3) is 2.38. The summed E-state index contributed by atoms with van der Waals surface area (Å²) in [6.07, 6.45) is 0. The number of allylic oxidation sites excluding steroid dienone is 1. The van der Waals surface area contributed by atoms with Gasteiger partial charge < -0.3 is 10.7 Å². The Balaban J connectivity index is 2.32. The number of benzene rings is 1. The fourth-order valence-electron chi connectivity index (χ4n) is 2.38. The van der Waals surface area contributed by atoms with Gasteiger partial charge >= 0.3 is 5.69 Å². The quantitative estimate of drug-likeness (QED) is 0.655. The Hall–Kier alpha value is -2.24. The van der Waals surface area contributed by atoms with Crippen molar-refractivity contribution in [1.82, 2.24) is 9.97 Å². The van der Waals surface area contributed by atoms with Gasteiger partial charge in [0.05, 0.1) is 33.2 Å². The number of thioether (sulfide) groups is 1. The molecule has 110 valence electrons. The minimum absolute atomic E-state index is 0.282. The van der Waals surface area contributed by atoms with Crippen molar-refractivity contribution in [3.05, 3.63) is 71.3 Å². The lowest BCUT2D eigenvalue weighted by Gasteiger charge is -2.24. The number of nitrogens with two attached hydrogens (primary N) is 1. The molecule has 0 aliphatic carbocycles. The third-order valence-electron chi connectivity index (χ3n) is 3.32. The van der Waals surface area contributed by atoms with Crippen LogP contribution in [0.5, 0.6) is 0 Å². The van der Waals surface area contributed by atoms with Crippen LogP contribution in [-0.4, -0.2) is 9.97 Å². The average molecular weight is 377 g/mol. The first-order valence-electron chi connectivity index (χ1n) is 6.21. The Morgan fingerprint density at radius 1 is 1.23 bits per heavy atom. The van der Waals surface area contributed by atoms with E-state index >= 15 is 0 Å². The molecule has 0 amide bonds. The van der Waals surface area contributed by atoms with Crippen molar-refractivity contribution in [2.45, 2.75) is 10.9 Å². The van der Waals surface area contributed by atoms with Crippen LogP contribution in [0.15, 0.2) is 54.0 Å². The molecule has 0 saturated heterocycles. The molecule has 2 heterocycles. The third-order valence-corrected chi connectivity index (χ3v) is 4.82. The van der Waals surface area contributed by atoms with E-state index in [4.69, 9.17) is 5.73 Å². The number of rotatable bonds is 1. The highest BCUT2D eigenvalue weighted by Crippen LogP contribution is 2.42. The molecule has 0 saturated carbocycles. The molecule has 0 radical (unpaired) electrons. The zero-order chi connectivity index (χ0) is 15.9. The first-order valence-corrected chi connectivity index (χ1v) is 7.81. The lowest BCUT2D eigenvalue weighted by atomic mass is 9.86. The van der Waals surface area contributed by atoms with Gasteiger partial charge in [0.2, 0.25) is 0 Å². The van der Waals surface area contributed by atoms with Crippen molar-refractivity contribution in [2.75, 3.05) is 0 Å². The highest BCUT2D eigenvalue weighted by Gasteiger charge is 2.32. The molecule has 0 unspecified atom stereocenters. The lowest BCUT2D eigenvalue weighted by molar-refractivity contribution is 0.820. The van der Waals surface area contributed by atoms with Crippen LogP contribution >= 0.6 is 27.7 Å². The molecule has 0 spiro atoms. The molecule has 8 heteroatoms. The maximum atomic E-state index is 12.2. The second kappa shape index (κ2) is 5.51. The number of fused-ring (bicyclic) bond motifs is 1.